The molecule has 1 amide bonds. The van der Waals surface area contributed by atoms with Crippen molar-refractivity contribution in [2.45, 2.75) is 53.2 Å². The fourth-order valence-corrected chi connectivity index (χ4v) is 4.03. The summed E-state index contributed by atoms with van der Waals surface area (Å²) < 4.78 is 11.4. The number of Topliss-reactive ketones (excluding diaryl/α,β-unsaturated/α-hetero) is 1. The molecule has 1 N–H and O–H groups in total. The molecule has 1 saturated heterocycles. The summed E-state index contributed by atoms with van der Waals surface area (Å²) in [6, 6.07) is 14.0. The molecule has 1 atom stereocenters. The lowest BCUT2D eigenvalue weighted by molar-refractivity contribution is -0.140. The number of aryl methyl sites for hydroxylation is 1. The van der Waals surface area contributed by atoms with Crippen molar-refractivity contribution in [1.82, 2.24) is 4.90 Å². The van der Waals surface area contributed by atoms with Gasteiger partial charge in [0.15, 0.2) is 0 Å². The number of aliphatic hydroxyl groups is 1. The minimum atomic E-state index is -0.677. The van der Waals surface area contributed by atoms with Gasteiger partial charge in [0, 0.05) is 18.7 Å². The lowest BCUT2D eigenvalue weighted by Gasteiger charge is -2.26. The van der Waals surface area contributed by atoms with Gasteiger partial charge in [-0.1, -0.05) is 50.2 Å². The lowest BCUT2D eigenvalue weighted by atomic mass is 9.92. The van der Waals surface area contributed by atoms with Gasteiger partial charge in [-0.15, -0.1) is 0 Å². The van der Waals surface area contributed by atoms with E-state index in [0.717, 1.165) is 11.1 Å². The summed E-state index contributed by atoms with van der Waals surface area (Å²) in [4.78, 5) is 27.8. The number of rotatable bonds is 10. The van der Waals surface area contributed by atoms with Gasteiger partial charge in [-0.05, 0) is 56.4 Å². The molecule has 0 saturated carbocycles. The molecule has 2 aromatic carbocycles. The molecule has 1 aliphatic heterocycles. The molecule has 0 bridgehead atoms. The highest BCUT2D eigenvalue weighted by molar-refractivity contribution is 6.46. The number of likely N-dealkylation sites (tertiary alicyclic amines) is 1. The number of hydrogen-bond acceptors (Lipinski definition) is 5. The zero-order chi connectivity index (χ0) is 24.8. The van der Waals surface area contributed by atoms with Gasteiger partial charge in [0.2, 0.25) is 0 Å². The highest BCUT2D eigenvalue weighted by Gasteiger charge is 2.46. The first-order valence-electron chi connectivity index (χ1n) is 11.9. The van der Waals surface area contributed by atoms with Crippen molar-refractivity contribution in [2.24, 2.45) is 5.92 Å². The molecule has 182 valence electrons. The quantitative estimate of drug-likeness (QED) is 0.224. The number of carbonyl (C=O) groups is 2. The Hall–Kier alpha value is -3.12. The molecule has 0 spiro atoms. The van der Waals surface area contributed by atoms with Crippen LogP contribution in [0.15, 0.2) is 54.1 Å². The average molecular weight is 466 g/mol. The number of carbonyl (C=O) groups excluding carboxylic acids is 2. The summed E-state index contributed by atoms with van der Waals surface area (Å²) in [5.41, 5.74) is 2.31. The Bertz CT molecular complexity index is 1060. The monoisotopic (exact) mass is 465 g/mol. The summed E-state index contributed by atoms with van der Waals surface area (Å²) in [5, 5.41) is 11.3. The predicted molar refractivity (Wildman–Crippen MR) is 133 cm³/mol. The van der Waals surface area contributed by atoms with Crippen LogP contribution in [-0.2, 0) is 14.3 Å². The van der Waals surface area contributed by atoms with E-state index in [0.29, 0.717) is 43.4 Å². The van der Waals surface area contributed by atoms with Gasteiger partial charge in [-0.25, -0.2) is 0 Å². The van der Waals surface area contributed by atoms with Crippen LogP contribution in [0.4, 0.5) is 0 Å². The molecule has 1 unspecified atom stereocenters. The maximum atomic E-state index is 13.2. The van der Waals surface area contributed by atoms with Gasteiger partial charge in [0.05, 0.1) is 24.3 Å². The molecule has 34 heavy (non-hydrogen) atoms. The number of ketones is 1. The minimum Gasteiger partial charge on any atom is -0.507 e. The second-order valence-electron chi connectivity index (χ2n) is 9.35. The van der Waals surface area contributed by atoms with Crippen LogP contribution < -0.4 is 4.74 Å². The second kappa shape index (κ2) is 11.3. The molecule has 6 heteroatoms. The van der Waals surface area contributed by atoms with Crippen LogP contribution in [-0.4, -0.2) is 47.6 Å². The van der Waals surface area contributed by atoms with Crippen LogP contribution in [0, 0.1) is 12.8 Å². The number of aliphatic hydroxyl groups excluding tert-OH is 1. The third kappa shape index (κ3) is 5.86. The average Bonchev–Trinajstić information content (AvgIpc) is 3.05. The van der Waals surface area contributed by atoms with E-state index in [9.17, 15) is 14.7 Å². The summed E-state index contributed by atoms with van der Waals surface area (Å²) in [5.74, 6) is -0.522. The van der Waals surface area contributed by atoms with Gasteiger partial charge in [0.25, 0.3) is 11.7 Å². The smallest absolute Gasteiger partial charge is 0.295 e. The zero-order valence-corrected chi connectivity index (χ0v) is 20.7. The number of amides is 1. The van der Waals surface area contributed by atoms with E-state index in [1.165, 1.54) is 0 Å². The third-order valence-electron chi connectivity index (χ3n) is 5.71. The van der Waals surface area contributed by atoms with Gasteiger partial charge in [-0.2, -0.15) is 0 Å². The molecule has 1 heterocycles. The summed E-state index contributed by atoms with van der Waals surface area (Å²) in [6.07, 6.45) is 0.680. The first kappa shape index (κ1) is 25.5. The molecule has 1 aliphatic rings. The van der Waals surface area contributed by atoms with E-state index in [4.69, 9.17) is 9.47 Å². The molecule has 6 nitrogen and oxygen atoms in total. The third-order valence-corrected chi connectivity index (χ3v) is 5.71. The highest BCUT2D eigenvalue weighted by atomic mass is 16.5. The van der Waals surface area contributed by atoms with Crippen LogP contribution in [0.1, 0.15) is 56.8 Å². The largest absolute Gasteiger partial charge is 0.507 e. The molecule has 0 aliphatic carbocycles. The molecule has 1 fully saturated rings. The Labute approximate surface area is 202 Å². The van der Waals surface area contributed by atoms with Crippen molar-refractivity contribution in [3.05, 3.63) is 70.8 Å². The van der Waals surface area contributed by atoms with Crippen LogP contribution in [0.2, 0.25) is 0 Å². The van der Waals surface area contributed by atoms with Gasteiger partial charge >= 0.3 is 0 Å². The summed E-state index contributed by atoms with van der Waals surface area (Å²) >= 11 is 0. The van der Waals surface area contributed by atoms with Crippen LogP contribution in [0.3, 0.4) is 0 Å². The maximum absolute atomic E-state index is 13.2. The Balaban J connectivity index is 2.02. The van der Waals surface area contributed by atoms with E-state index in [2.05, 4.69) is 13.8 Å². The Morgan fingerprint density at radius 3 is 2.47 bits per heavy atom. The van der Waals surface area contributed by atoms with Gasteiger partial charge in [-0.3, -0.25) is 9.59 Å². The van der Waals surface area contributed by atoms with Crippen LogP contribution in [0.5, 0.6) is 5.75 Å². The van der Waals surface area contributed by atoms with E-state index in [1.807, 2.05) is 51.1 Å². The van der Waals surface area contributed by atoms with Crippen molar-refractivity contribution in [2.75, 3.05) is 19.8 Å². The van der Waals surface area contributed by atoms with E-state index in [1.54, 1.807) is 23.1 Å². The maximum Gasteiger partial charge on any atom is 0.295 e. The Kier molecular flexibility index (Phi) is 8.51. The highest BCUT2D eigenvalue weighted by Crippen LogP contribution is 2.40. The molecule has 3 rings (SSSR count). The second-order valence-corrected chi connectivity index (χ2v) is 9.35. The fraction of sp³-hybridized carbons (Fsp3) is 0.429. The van der Waals surface area contributed by atoms with Crippen molar-refractivity contribution in [3.63, 3.8) is 0 Å². The summed E-state index contributed by atoms with van der Waals surface area (Å²) in [6.45, 7) is 11.3. The molecule has 2 aromatic rings. The van der Waals surface area contributed by atoms with E-state index < -0.39 is 17.7 Å². The van der Waals surface area contributed by atoms with Gasteiger partial charge < -0.3 is 19.5 Å². The topological polar surface area (TPSA) is 76.1 Å². The Morgan fingerprint density at radius 2 is 1.79 bits per heavy atom. The number of benzene rings is 2. The number of ether oxygens (including phenoxy) is 2. The predicted octanol–water partition coefficient (Wildman–Crippen LogP) is 5.27. The number of hydrogen-bond donors (Lipinski definition) is 1. The first-order valence-corrected chi connectivity index (χ1v) is 11.9. The standard InChI is InChI=1S/C28H35NO5/c1-18(2)17-34-22-12-8-11-21(16-22)26(30)24-25(23-13-7-6-10-20(23)5)29(28(32)27(24)31)14-9-15-33-19(3)4/h6-8,10-13,16,18-19,25,30H,9,14-15,17H2,1-5H3/b26-24+. The lowest BCUT2D eigenvalue weighted by Crippen LogP contribution is -2.31. The molecule has 0 aromatic heterocycles. The molecule has 0 radical (unpaired) electrons. The molecular formula is C28H35NO5. The normalized spacial score (nSPS) is 17.7. The van der Waals surface area contributed by atoms with Crippen molar-refractivity contribution in [1.29, 1.82) is 0 Å². The Morgan fingerprint density at radius 1 is 1.06 bits per heavy atom. The number of nitrogens with zero attached hydrogens (tertiary/aromatic N) is 1. The van der Waals surface area contributed by atoms with E-state index >= 15 is 0 Å². The van der Waals surface area contributed by atoms with E-state index in [-0.39, 0.29) is 17.4 Å². The van der Waals surface area contributed by atoms with Crippen molar-refractivity contribution < 1.29 is 24.2 Å². The van der Waals surface area contributed by atoms with Crippen molar-refractivity contribution in [3.8, 4) is 5.75 Å². The summed E-state index contributed by atoms with van der Waals surface area (Å²) in [7, 11) is 0. The molecular weight excluding hydrogens is 430 g/mol. The first-order chi connectivity index (χ1) is 16.2. The van der Waals surface area contributed by atoms with Crippen molar-refractivity contribution >= 4 is 17.4 Å². The minimum absolute atomic E-state index is 0.0905. The van der Waals surface area contributed by atoms with Crippen LogP contribution in [0.25, 0.3) is 5.76 Å². The SMILES string of the molecule is Cc1ccccc1C1/C(=C(\O)c2cccc(OCC(C)C)c2)C(=O)C(=O)N1CCCOC(C)C. The van der Waals surface area contributed by atoms with Gasteiger partial charge in [0.1, 0.15) is 11.5 Å². The zero-order valence-electron chi connectivity index (χ0n) is 20.7. The van der Waals surface area contributed by atoms with Crippen LogP contribution >= 0.6 is 0 Å². The fourth-order valence-electron chi connectivity index (χ4n) is 4.03.